The van der Waals surface area contributed by atoms with E-state index in [1.54, 1.807) is 0 Å². The molecule has 0 N–H and O–H groups in total. The molecule has 31 heavy (non-hydrogen) atoms. The highest BCUT2D eigenvalue weighted by atomic mass is 15.4. The van der Waals surface area contributed by atoms with Crippen LogP contribution in [0.5, 0.6) is 0 Å². The second kappa shape index (κ2) is 6.57. The number of aryl methyl sites for hydroxylation is 1. The number of aromatic nitrogens is 4. The maximum absolute atomic E-state index is 9.47. The summed E-state index contributed by atoms with van der Waals surface area (Å²) in [6.45, 7) is 6.67. The summed E-state index contributed by atoms with van der Waals surface area (Å²) in [5.74, 6) is 0.196. The highest BCUT2D eigenvalue weighted by Gasteiger charge is 2.56. The van der Waals surface area contributed by atoms with Crippen molar-refractivity contribution in [2.45, 2.75) is 51.2 Å². The van der Waals surface area contributed by atoms with Gasteiger partial charge in [-0.3, -0.25) is 9.58 Å². The maximum atomic E-state index is 9.47. The van der Waals surface area contributed by atoms with E-state index >= 15 is 0 Å². The summed E-state index contributed by atoms with van der Waals surface area (Å²) >= 11 is 0. The molecule has 3 aliphatic rings. The van der Waals surface area contributed by atoms with Crippen LogP contribution in [0.3, 0.4) is 0 Å². The van der Waals surface area contributed by atoms with Gasteiger partial charge in [-0.2, -0.15) is 15.5 Å². The third kappa shape index (κ3) is 2.74. The van der Waals surface area contributed by atoms with Gasteiger partial charge in [-0.25, -0.2) is 4.52 Å². The zero-order chi connectivity index (χ0) is 21.3. The third-order valence-corrected chi connectivity index (χ3v) is 8.14. The molecule has 0 radical (unpaired) electrons. The fourth-order valence-electron chi connectivity index (χ4n) is 6.26. The van der Waals surface area contributed by atoms with E-state index in [0.717, 1.165) is 36.2 Å². The zero-order valence-electron chi connectivity index (χ0n) is 18.4. The summed E-state index contributed by atoms with van der Waals surface area (Å²) < 4.78 is 3.83. The Hall–Kier alpha value is -2.85. The fourth-order valence-corrected chi connectivity index (χ4v) is 6.26. The van der Waals surface area contributed by atoms with Gasteiger partial charge in [-0.1, -0.05) is 13.8 Å². The third-order valence-electron chi connectivity index (χ3n) is 8.14. The van der Waals surface area contributed by atoms with Crippen LogP contribution < -0.4 is 4.90 Å². The number of hydrogen-bond donors (Lipinski definition) is 0. The maximum Gasteiger partial charge on any atom is 0.0886 e. The van der Waals surface area contributed by atoms with Crippen LogP contribution in [-0.4, -0.2) is 55.5 Å². The average Bonchev–Trinajstić information content (AvgIpc) is 3.43. The SMILES string of the molecule is Cn1cc(-c2cc3c(N4CC5CCC(C4)N5[C@H]4C[C@@H](C#N)C4(C)C)ccnn3c2)cn1. The lowest BCUT2D eigenvalue weighted by atomic mass is 9.58. The topological polar surface area (TPSA) is 65.4 Å². The van der Waals surface area contributed by atoms with Crippen molar-refractivity contribution in [2.75, 3.05) is 18.0 Å². The second-order valence-electron chi connectivity index (χ2n) is 10.2. The normalized spacial score (nSPS) is 29.8. The van der Waals surface area contributed by atoms with Gasteiger partial charge in [0.1, 0.15) is 0 Å². The molecule has 0 amide bonds. The molecule has 160 valence electrons. The van der Waals surface area contributed by atoms with E-state index in [9.17, 15) is 5.26 Å². The molecule has 3 aromatic heterocycles. The fraction of sp³-hybridized carbons (Fsp3) is 0.542. The van der Waals surface area contributed by atoms with Crippen molar-refractivity contribution in [3.05, 3.63) is 36.9 Å². The summed E-state index contributed by atoms with van der Waals surface area (Å²) in [5, 5.41) is 18.4. The molecular weight excluding hydrogens is 386 g/mol. The van der Waals surface area contributed by atoms with E-state index in [1.165, 1.54) is 18.5 Å². The van der Waals surface area contributed by atoms with Crippen LogP contribution in [0.25, 0.3) is 16.6 Å². The number of anilines is 1. The van der Waals surface area contributed by atoms with E-state index in [0.29, 0.717) is 18.1 Å². The summed E-state index contributed by atoms with van der Waals surface area (Å²) in [7, 11) is 1.94. The van der Waals surface area contributed by atoms with Crippen molar-refractivity contribution in [3.63, 3.8) is 0 Å². The number of nitriles is 1. The zero-order valence-corrected chi connectivity index (χ0v) is 18.4. The Morgan fingerprint density at radius 3 is 2.52 bits per heavy atom. The lowest BCUT2D eigenvalue weighted by Crippen LogP contribution is -2.66. The summed E-state index contributed by atoms with van der Waals surface area (Å²) in [5.41, 5.74) is 4.78. The van der Waals surface area contributed by atoms with Gasteiger partial charge in [-0.15, -0.1) is 0 Å². The van der Waals surface area contributed by atoms with Gasteiger partial charge in [0.2, 0.25) is 0 Å². The van der Waals surface area contributed by atoms with Gasteiger partial charge >= 0.3 is 0 Å². The predicted octanol–water partition coefficient (Wildman–Crippen LogP) is 3.33. The highest BCUT2D eigenvalue weighted by molar-refractivity contribution is 5.79. The number of nitrogens with zero attached hydrogens (tertiary/aromatic N) is 7. The standard InChI is InChI=1S/C24H29N7/c1-24(2)18(10-25)9-23(24)31-19-4-5-20(31)15-29(14-19)21-6-7-26-30-13-16(8-22(21)30)17-11-27-28(3)12-17/h6-8,11-13,18-20,23H,4-5,9,14-15H2,1-3H3/t18-,19?,20?,23-/m0/s1. The number of piperazine rings is 1. The Labute approximate surface area is 182 Å². The largest absolute Gasteiger partial charge is 0.367 e. The van der Waals surface area contributed by atoms with Crippen LogP contribution in [0.2, 0.25) is 0 Å². The van der Waals surface area contributed by atoms with E-state index < -0.39 is 0 Å². The first kappa shape index (κ1) is 18.9. The average molecular weight is 416 g/mol. The lowest BCUT2D eigenvalue weighted by Gasteiger charge is -2.58. The van der Waals surface area contributed by atoms with Crippen molar-refractivity contribution in [1.29, 1.82) is 5.26 Å². The first-order valence-corrected chi connectivity index (χ1v) is 11.3. The summed E-state index contributed by atoms with van der Waals surface area (Å²) in [6.07, 6.45) is 11.5. The number of hydrogen-bond acceptors (Lipinski definition) is 5. The van der Waals surface area contributed by atoms with Crippen molar-refractivity contribution in [2.24, 2.45) is 18.4 Å². The minimum atomic E-state index is 0.0991. The molecule has 6 rings (SSSR count). The monoisotopic (exact) mass is 415 g/mol. The van der Waals surface area contributed by atoms with Crippen LogP contribution >= 0.6 is 0 Å². The summed E-state index contributed by atoms with van der Waals surface area (Å²) in [4.78, 5) is 5.35. The van der Waals surface area contributed by atoms with Crippen LogP contribution in [0.1, 0.15) is 33.1 Å². The molecule has 4 atom stereocenters. The number of rotatable bonds is 3. The quantitative estimate of drug-likeness (QED) is 0.657. The predicted molar refractivity (Wildman–Crippen MR) is 120 cm³/mol. The molecule has 2 bridgehead atoms. The Bertz CT molecular complexity index is 1170. The first-order chi connectivity index (χ1) is 15.0. The van der Waals surface area contributed by atoms with E-state index in [4.69, 9.17) is 0 Å². The molecule has 3 aromatic rings. The van der Waals surface area contributed by atoms with Crippen LogP contribution in [0.4, 0.5) is 5.69 Å². The molecule has 2 unspecified atom stereocenters. The van der Waals surface area contributed by atoms with Crippen molar-refractivity contribution >= 4 is 11.2 Å². The molecule has 1 aliphatic carbocycles. The molecular formula is C24H29N7. The smallest absolute Gasteiger partial charge is 0.0886 e. The molecule has 7 heteroatoms. The molecule has 5 heterocycles. The van der Waals surface area contributed by atoms with Crippen molar-refractivity contribution in [1.82, 2.24) is 24.3 Å². The lowest BCUT2D eigenvalue weighted by molar-refractivity contribution is -0.0657. The van der Waals surface area contributed by atoms with Gasteiger partial charge in [-0.05, 0) is 36.8 Å². The van der Waals surface area contributed by atoms with Gasteiger partial charge in [0.25, 0.3) is 0 Å². The van der Waals surface area contributed by atoms with Gasteiger partial charge in [0, 0.05) is 68.0 Å². The van der Waals surface area contributed by atoms with Crippen molar-refractivity contribution < 1.29 is 0 Å². The Morgan fingerprint density at radius 2 is 1.87 bits per heavy atom. The second-order valence-corrected chi connectivity index (χ2v) is 10.2. The minimum Gasteiger partial charge on any atom is -0.367 e. The Balaban J connectivity index is 1.29. The first-order valence-electron chi connectivity index (χ1n) is 11.3. The molecule has 0 aromatic carbocycles. The van der Waals surface area contributed by atoms with Gasteiger partial charge in [0.15, 0.2) is 0 Å². The molecule has 2 saturated heterocycles. The minimum absolute atomic E-state index is 0.0991. The Morgan fingerprint density at radius 1 is 1.10 bits per heavy atom. The van der Waals surface area contributed by atoms with Crippen LogP contribution in [-0.2, 0) is 7.05 Å². The summed E-state index contributed by atoms with van der Waals surface area (Å²) in [6, 6.07) is 8.62. The Kier molecular flexibility index (Phi) is 4.00. The van der Waals surface area contributed by atoms with Crippen LogP contribution in [0.15, 0.2) is 36.9 Å². The van der Waals surface area contributed by atoms with E-state index in [1.807, 2.05) is 34.8 Å². The van der Waals surface area contributed by atoms with Crippen LogP contribution in [0, 0.1) is 22.7 Å². The molecule has 1 saturated carbocycles. The molecule has 2 aliphatic heterocycles. The van der Waals surface area contributed by atoms with Crippen molar-refractivity contribution in [3.8, 4) is 17.2 Å². The highest BCUT2D eigenvalue weighted by Crippen LogP contribution is 2.52. The number of fused-ring (bicyclic) bond motifs is 3. The van der Waals surface area contributed by atoms with E-state index in [-0.39, 0.29) is 11.3 Å². The molecule has 0 spiro atoms. The molecule has 7 nitrogen and oxygen atoms in total. The molecule has 3 fully saturated rings. The van der Waals surface area contributed by atoms with E-state index in [2.05, 4.69) is 58.2 Å². The van der Waals surface area contributed by atoms with Gasteiger partial charge in [0.05, 0.1) is 29.4 Å². The van der Waals surface area contributed by atoms with Gasteiger partial charge < -0.3 is 4.90 Å².